The highest BCUT2D eigenvalue weighted by molar-refractivity contribution is 6.30. The van der Waals surface area contributed by atoms with Gasteiger partial charge in [0.05, 0.1) is 5.56 Å². The summed E-state index contributed by atoms with van der Waals surface area (Å²) >= 11 is 0. The summed E-state index contributed by atoms with van der Waals surface area (Å²) < 4.78 is 0. The molecule has 0 aromatic heterocycles. The Morgan fingerprint density at radius 2 is 1.58 bits per heavy atom. The second-order valence-corrected chi connectivity index (χ2v) is 6.68. The highest BCUT2D eigenvalue weighted by Crippen LogP contribution is 2.33. The van der Waals surface area contributed by atoms with Gasteiger partial charge in [-0.3, -0.25) is 9.59 Å². The first kappa shape index (κ1) is 18.1. The van der Waals surface area contributed by atoms with E-state index in [-0.39, 0.29) is 23.5 Å². The molecule has 0 heterocycles. The minimum Gasteiger partial charge on any atom is -0.381 e. The van der Waals surface area contributed by atoms with E-state index in [0.29, 0.717) is 27.9 Å². The summed E-state index contributed by atoms with van der Waals surface area (Å²) in [6.45, 7) is 4.05. The molecule has 2 aromatic rings. The van der Waals surface area contributed by atoms with Crippen molar-refractivity contribution in [3.63, 3.8) is 0 Å². The number of rotatable bonds is 7. The predicted molar refractivity (Wildman–Crippen MR) is 102 cm³/mol. The highest BCUT2D eigenvalue weighted by atomic mass is 16.1. The molecule has 0 aliphatic heterocycles. The van der Waals surface area contributed by atoms with Crippen LogP contribution >= 0.6 is 0 Å². The van der Waals surface area contributed by atoms with Gasteiger partial charge in [-0.25, -0.2) is 0 Å². The van der Waals surface area contributed by atoms with Crippen molar-refractivity contribution < 1.29 is 14.4 Å². The number of hydrogen-bond donors (Lipinski definition) is 1. The van der Waals surface area contributed by atoms with Gasteiger partial charge in [0, 0.05) is 34.3 Å². The van der Waals surface area contributed by atoms with Crippen molar-refractivity contribution in [2.24, 2.45) is 5.92 Å². The first-order chi connectivity index (χ1) is 12.6. The zero-order chi connectivity index (χ0) is 18.7. The van der Waals surface area contributed by atoms with Crippen LogP contribution in [-0.4, -0.2) is 23.9 Å². The van der Waals surface area contributed by atoms with Crippen molar-refractivity contribution in [2.45, 2.75) is 39.2 Å². The summed E-state index contributed by atoms with van der Waals surface area (Å²) in [5.74, 6) is -0.409. The van der Waals surface area contributed by atoms with E-state index in [0.717, 1.165) is 25.5 Å². The van der Waals surface area contributed by atoms with E-state index in [1.165, 1.54) is 0 Å². The second-order valence-electron chi connectivity index (χ2n) is 6.68. The van der Waals surface area contributed by atoms with Gasteiger partial charge in [0.25, 0.3) is 0 Å². The third kappa shape index (κ3) is 3.07. The number of ketones is 2. The van der Waals surface area contributed by atoms with Gasteiger partial charge in [0.15, 0.2) is 11.6 Å². The Labute approximate surface area is 153 Å². The molecule has 0 saturated carbocycles. The lowest BCUT2D eigenvalue weighted by atomic mass is 9.83. The molecule has 0 bridgehead atoms. The molecule has 1 N–H and O–H groups in total. The molecule has 1 aliphatic rings. The lowest BCUT2D eigenvalue weighted by molar-refractivity contribution is -0.111. The fraction of sp³-hybridized carbons (Fsp3) is 0.318. The highest BCUT2D eigenvalue weighted by Gasteiger charge is 2.32. The Hall–Kier alpha value is -2.75. The van der Waals surface area contributed by atoms with Gasteiger partial charge < -0.3 is 10.1 Å². The number of hydrogen-bond acceptors (Lipinski definition) is 4. The minimum absolute atomic E-state index is 0.0610. The fourth-order valence-corrected chi connectivity index (χ4v) is 3.64. The molecule has 2 aromatic carbocycles. The van der Waals surface area contributed by atoms with Crippen LogP contribution in [0.1, 0.15) is 65.0 Å². The molecule has 3 rings (SSSR count). The van der Waals surface area contributed by atoms with Gasteiger partial charge >= 0.3 is 0 Å². The van der Waals surface area contributed by atoms with E-state index >= 15 is 0 Å². The molecule has 0 amide bonds. The number of carbonyl (C=O) groups excluding carboxylic acids is 3. The standard InChI is InChI=1S/C22H23NO3/c1-3-8-18(14(4-2)13-24)23-19-12-7-11-17-20(19)22(26)16-10-6-5-9-15(16)21(17)25/h5-7,9-14,18,23H,3-4,8H2,1-2H3. The Morgan fingerprint density at radius 1 is 0.923 bits per heavy atom. The molecule has 0 saturated heterocycles. The molecule has 0 radical (unpaired) electrons. The van der Waals surface area contributed by atoms with Crippen LogP contribution in [0.15, 0.2) is 42.5 Å². The van der Waals surface area contributed by atoms with Gasteiger partial charge in [0.2, 0.25) is 0 Å². The topological polar surface area (TPSA) is 63.2 Å². The van der Waals surface area contributed by atoms with E-state index in [1.807, 2.05) is 13.0 Å². The summed E-state index contributed by atoms with van der Waals surface area (Å²) in [4.78, 5) is 37.3. The van der Waals surface area contributed by atoms with Crippen molar-refractivity contribution >= 4 is 23.5 Å². The molecular formula is C22H23NO3. The van der Waals surface area contributed by atoms with Crippen LogP contribution in [-0.2, 0) is 4.79 Å². The number of benzene rings is 2. The fourth-order valence-electron chi connectivity index (χ4n) is 3.64. The molecule has 4 nitrogen and oxygen atoms in total. The van der Waals surface area contributed by atoms with Crippen LogP contribution in [0.3, 0.4) is 0 Å². The molecule has 26 heavy (non-hydrogen) atoms. The number of aldehydes is 1. The molecule has 4 heteroatoms. The van der Waals surface area contributed by atoms with Gasteiger partial charge in [0.1, 0.15) is 6.29 Å². The lowest BCUT2D eigenvalue weighted by Gasteiger charge is -2.27. The lowest BCUT2D eigenvalue weighted by Crippen LogP contribution is -2.31. The Morgan fingerprint density at radius 3 is 2.19 bits per heavy atom. The van der Waals surface area contributed by atoms with E-state index in [4.69, 9.17) is 0 Å². The number of nitrogens with one attached hydrogen (secondary N) is 1. The second kappa shape index (κ2) is 7.65. The largest absolute Gasteiger partial charge is 0.381 e. The van der Waals surface area contributed by atoms with Gasteiger partial charge in [-0.2, -0.15) is 0 Å². The van der Waals surface area contributed by atoms with Crippen molar-refractivity contribution in [2.75, 3.05) is 5.32 Å². The average Bonchev–Trinajstić information content (AvgIpc) is 2.67. The van der Waals surface area contributed by atoms with E-state index in [9.17, 15) is 14.4 Å². The summed E-state index contributed by atoms with van der Waals surface area (Å²) in [5, 5.41) is 3.39. The Balaban J connectivity index is 2.05. The predicted octanol–water partition coefficient (Wildman–Crippen LogP) is 4.27. The first-order valence-corrected chi connectivity index (χ1v) is 9.15. The molecule has 134 valence electrons. The zero-order valence-electron chi connectivity index (χ0n) is 15.1. The van der Waals surface area contributed by atoms with Crippen LogP contribution in [0, 0.1) is 5.92 Å². The SMILES string of the molecule is CCCC(Nc1cccc2c1C(=O)c1ccccc1C2=O)C(C=O)CC. The summed E-state index contributed by atoms with van der Waals surface area (Å²) in [6.07, 6.45) is 3.45. The monoisotopic (exact) mass is 349 g/mol. The van der Waals surface area contributed by atoms with Crippen LogP contribution in [0.2, 0.25) is 0 Å². The normalized spacial score (nSPS) is 15.0. The molecule has 1 aliphatic carbocycles. The third-order valence-electron chi connectivity index (χ3n) is 5.06. The van der Waals surface area contributed by atoms with Crippen LogP contribution in [0.5, 0.6) is 0 Å². The quantitative estimate of drug-likeness (QED) is 0.647. The third-order valence-corrected chi connectivity index (χ3v) is 5.06. The van der Waals surface area contributed by atoms with Crippen LogP contribution in [0.25, 0.3) is 0 Å². The molecular weight excluding hydrogens is 326 g/mol. The Kier molecular flexibility index (Phi) is 5.31. The van der Waals surface area contributed by atoms with Crippen LogP contribution < -0.4 is 5.32 Å². The summed E-state index contributed by atoms with van der Waals surface area (Å²) in [6, 6.07) is 12.2. The minimum atomic E-state index is -0.146. The first-order valence-electron chi connectivity index (χ1n) is 9.15. The summed E-state index contributed by atoms with van der Waals surface area (Å²) in [5.41, 5.74) is 2.36. The maximum Gasteiger partial charge on any atom is 0.196 e. The van der Waals surface area contributed by atoms with E-state index < -0.39 is 0 Å². The van der Waals surface area contributed by atoms with Gasteiger partial charge in [-0.05, 0) is 18.9 Å². The molecule has 2 unspecified atom stereocenters. The zero-order valence-corrected chi connectivity index (χ0v) is 15.1. The number of carbonyl (C=O) groups is 3. The Bertz CT molecular complexity index is 856. The number of anilines is 1. The van der Waals surface area contributed by atoms with Gasteiger partial charge in [-0.1, -0.05) is 56.7 Å². The van der Waals surface area contributed by atoms with Crippen LogP contribution in [0.4, 0.5) is 5.69 Å². The molecule has 2 atom stereocenters. The van der Waals surface area contributed by atoms with Crippen molar-refractivity contribution in [1.82, 2.24) is 0 Å². The van der Waals surface area contributed by atoms with Crippen molar-refractivity contribution in [1.29, 1.82) is 0 Å². The maximum absolute atomic E-state index is 13.1. The van der Waals surface area contributed by atoms with E-state index in [1.54, 1.807) is 36.4 Å². The summed E-state index contributed by atoms with van der Waals surface area (Å²) in [7, 11) is 0. The van der Waals surface area contributed by atoms with Gasteiger partial charge in [-0.15, -0.1) is 0 Å². The average molecular weight is 349 g/mol. The van der Waals surface area contributed by atoms with E-state index in [2.05, 4.69) is 12.2 Å². The maximum atomic E-state index is 13.1. The van der Waals surface area contributed by atoms with Crippen molar-refractivity contribution in [3.8, 4) is 0 Å². The molecule has 0 spiro atoms. The number of fused-ring (bicyclic) bond motifs is 2. The molecule has 0 fully saturated rings. The van der Waals surface area contributed by atoms with Crippen molar-refractivity contribution in [3.05, 3.63) is 64.7 Å². The smallest absolute Gasteiger partial charge is 0.196 e.